The molecule has 9 rings (SSSR count). The molecule has 7 aromatic carbocycles. The molecule has 210 valence electrons. The fraction of sp³-hybridized carbons (Fsp3) is 0. The number of hydrogen-bond donors (Lipinski definition) is 0. The van der Waals surface area contributed by atoms with E-state index in [9.17, 15) is 0 Å². The normalized spacial score (nSPS) is 11.6. The summed E-state index contributed by atoms with van der Waals surface area (Å²) >= 11 is 0. The average Bonchev–Trinajstić information content (AvgIpc) is 3.51. The van der Waals surface area contributed by atoms with Crippen molar-refractivity contribution in [2.75, 3.05) is 0 Å². The van der Waals surface area contributed by atoms with Gasteiger partial charge in [0.15, 0.2) is 17.5 Å². The standard InChI is InChI=1S/C41H25N3O/c1-3-13-27(14-4-1)39-42-40(28-15-5-2-6-16-28)44-41(43-39)33-25-24-31(37-29-17-8-7-12-26(29)22-23-32(33)37)30-19-11-21-36-38(30)34-18-9-10-20-35(34)45-36/h1-25H. The van der Waals surface area contributed by atoms with E-state index < -0.39 is 0 Å². The van der Waals surface area contributed by atoms with Crippen molar-refractivity contribution < 1.29 is 4.42 Å². The number of rotatable bonds is 4. The molecule has 45 heavy (non-hydrogen) atoms. The van der Waals surface area contributed by atoms with Crippen molar-refractivity contribution in [1.82, 2.24) is 15.0 Å². The fourth-order valence-corrected chi connectivity index (χ4v) is 6.47. The molecule has 2 aromatic heterocycles. The first kappa shape index (κ1) is 25.4. The maximum atomic E-state index is 6.29. The van der Waals surface area contributed by atoms with Crippen LogP contribution in [0.4, 0.5) is 0 Å². The molecular formula is C41H25N3O. The Labute approximate surface area is 259 Å². The van der Waals surface area contributed by atoms with E-state index >= 15 is 0 Å². The highest BCUT2D eigenvalue weighted by Crippen LogP contribution is 2.43. The van der Waals surface area contributed by atoms with E-state index in [1.165, 1.54) is 10.8 Å². The van der Waals surface area contributed by atoms with Crippen LogP contribution < -0.4 is 0 Å². The maximum Gasteiger partial charge on any atom is 0.164 e. The van der Waals surface area contributed by atoms with Crippen molar-refractivity contribution in [3.63, 3.8) is 0 Å². The first-order valence-corrected chi connectivity index (χ1v) is 15.0. The molecule has 0 N–H and O–H groups in total. The minimum atomic E-state index is 0.640. The Bertz CT molecular complexity index is 2480. The molecule has 0 atom stereocenters. The van der Waals surface area contributed by atoms with Crippen LogP contribution in [0, 0.1) is 0 Å². The molecule has 0 saturated heterocycles. The number of fused-ring (bicyclic) bond motifs is 6. The van der Waals surface area contributed by atoms with Gasteiger partial charge in [0.1, 0.15) is 11.2 Å². The Morgan fingerprint density at radius 3 is 1.67 bits per heavy atom. The van der Waals surface area contributed by atoms with Crippen LogP contribution in [-0.4, -0.2) is 15.0 Å². The quantitative estimate of drug-likeness (QED) is 0.196. The zero-order valence-electron chi connectivity index (χ0n) is 24.2. The largest absolute Gasteiger partial charge is 0.456 e. The van der Waals surface area contributed by atoms with Crippen LogP contribution in [0.3, 0.4) is 0 Å². The minimum Gasteiger partial charge on any atom is -0.456 e. The molecule has 4 nitrogen and oxygen atoms in total. The number of furan rings is 1. The average molecular weight is 576 g/mol. The molecule has 0 radical (unpaired) electrons. The molecule has 0 spiro atoms. The second-order valence-corrected chi connectivity index (χ2v) is 11.2. The van der Waals surface area contributed by atoms with Crippen LogP contribution in [0.1, 0.15) is 0 Å². The van der Waals surface area contributed by atoms with Crippen molar-refractivity contribution >= 4 is 43.5 Å². The number of aromatic nitrogens is 3. The number of hydrogen-bond acceptors (Lipinski definition) is 4. The van der Waals surface area contributed by atoms with E-state index in [0.29, 0.717) is 17.5 Å². The molecule has 0 aliphatic heterocycles. The van der Waals surface area contributed by atoms with E-state index in [1.807, 2.05) is 72.8 Å². The summed E-state index contributed by atoms with van der Waals surface area (Å²) in [5, 5.41) is 6.83. The molecule has 0 fully saturated rings. The second-order valence-electron chi connectivity index (χ2n) is 11.2. The molecule has 2 heterocycles. The molecule has 0 aliphatic rings. The number of benzene rings is 7. The van der Waals surface area contributed by atoms with Crippen LogP contribution in [0.25, 0.3) is 88.8 Å². The first-order chi connectivity index (χ1) is 22.3. The lowest BCUT2D eigenvalue weighted by Gasteiger charge is -2.15. The highest BCUT2D eigenvalue weighted by atomic mass is 16.3. The van der Waals surface area contributed by atoms with Crippen molar-refractivity contribution in [2.24, 2.45) is 0 Å². The summed E-state index contributed by atoms with van der Waals surface area (Å²) in [7, 11) is 0. The summed E-state index contributed by atoms with van der Waals surface area (Å²) in [6.45, 7) is 0. The summed E-state index contributed by atoms with van der Waals surface area (Å²) < 4.78 is 6.29. The van der Waals surface area contributed by atoms with E-state index in [2.05, 4.69) is 78.9 Å². The van der Waals surface area contributed by atoms with Crippen molar-refractivity contribution in [2.45, 2.75) is 0 Å². The van der Waals surface area contributed by atoms with Gasteiger partial charge in [0.25, 0.3) is 0 Å². The molecular weight excluding hydrogens is 550 g/mol. The van der Waals surface area contributed by atoms with Crippen molar-refractivity contribution in [3.8, 4) is 45.3 Å². The fourth-order valence-electron chi connectivity index (χ4n) is 6.47. The summed E-state index contributed by atoms with van der Waals surface area (Å²) in [5.74, 6) is 1.93. The molecule has 0 aliphatic carbocycles. The van der Waals surface area contributed by atoms with Gasteiger partial charge in [0.2, 0.25) is 0 Å². The van der Waals surface area contributed by atoms with E-state index in [-0.39, 0.29) is 0 Å². The molecule has 9 aromatic rings. The Kier molecular flexibility index (Phi) is 5.78. The van der Waals surface area contributed by atoms with E-state index in [4.69, 9.17) is 19.4 Å². The minimum absolute atomic E-state index is 0.640. The van der Waals surface area contributed by atoms with Gasteiger partial charge in [0, 0.05) is 27.5 Å². The predicted molar refractivity (Wildman–Crippen MR) is 184 cm³/mol. The van der Waals surface area contributed by atoms with Crippen molar-refractivity contribution in [3.05, 3.63) is 152 Å². The third-order valence-corrected chi connectivity index (χ3v) is 8.54. The maximum absolute atomic E-state index is 6.29. The zero-order chi connectivity index (χ0) is 29.7. The van der Waals surface area contributed by atoms with Crippen LogP contribution in [0.2, 0.25) is 0 Å². The van der Waals surface area contributed by atoms with Crippen LogP contribution >= 0.6 is 0 Å². The number of nitrogens with zero attached hydrogens (tertiary/aromatic N) is 3. The topological polar surface area (TPSA) is 51.8 Å². The Morgan fingerprint density at radius 2 is 0.911 bits per heavy atom. The molecule has 0 unspecified atom stereocenters. The van der Waals surface area contributed by atoms with Gasteiger partial charge in [-0.3, -0.25) is 0 Å². The van der Waals surface area contributed by atoms with Crippen molar-refractivity contribution in [1.29, 1.82) is 0 Å². The van der Waals surface area contributed by atoms with E-state index in [0.717, 1.165) is 60.5 Å². The second kappa shape index (κ2) is 10.2. The van der Waals surface area contributed by atoms with E-state index in [1.54, 1.807) is 0 Å². The molecule has 0 amide bonds. The van der Waals surface area contributed by atoms with Gasteiger partial charge in [-0.05, 0) is 50.9 Å². The monoisotopic (exact) mass is 575 g/mol. The molecule has 4 heteroatoms. The molecule has 0 bridgehead atoms. The highest BCUT2D eigenvalue weighted by molar-refractivity contribution is 6.22. The third-order valence-electron chi connectivity index (χ3n) is 8.54. The summed E-state index contributed by atoms with van der Waals surface area (Å²) in [4.78, 5) is 15.1. The van der Waals surface area contributed by atoms with Gasteiger partial charge < -0.3 is 4.42 Å². The number of para-hydroxylation sites is 1. The lowest BCUT2D eigenvalue weighted by Crippen LogP contribution is -2.00. The van der Waals surface area contributed by atoms with Gasteiger partial charge >= 0.3 is 0 Å². The Balaban J connectivity index is 1.36. The van der Waals surface area contributed by atoms with Gasteiger partial charge in [-0.2, -0.15) is 0 Å². The Hall–Kier alpha value is -6.13. The van der Waals surface area contributed by atoms with Crippen LogP contribution in [-0.2, 0) is 0 Å². The van der Waals surface area contributed by atoms with Gasteiger partial charge in [-0.25, -0.2) is 15.0 Å². The highest BCUT2D eigenvalue weighted by Gasteiger charge is 2.19. The lowest BCUT2D eigenvalue weighted by molar-refractivity contribution is 0.669. The first-order valence-electron chi connectivity index (χ1n) is 15.0. The smallest absolute Gasteiger partial charge is 0.164 e. The summed E-state index contributed by atoms with van der Waals surface area (Å²) in [5.41, 5.74) is 6.90. The summed E-state index contributed by atoms with van der Waals surface area (Å²) in [6.07, 6.45) is 0. The van der Waals surface area contributed by atoms with Gasteiger partial charge in [-0.1, -0.05) is 133 Å². The lowest BCUT2D eigenvalue weighted by atomic mass is 9.89. The predicted octanol–water partition coefficient (Wildman–Crippen LogP) is 10.7. The SMILES string of the molecule is c1ccc(-c2nc(-c3ccccc3)nc(-c3ccc(-c4cccc5oc6ccccc6c45)c4c3ccc3ccccc34)n2)cc1. The zero-order valence-corrected chi connectivity index (χ0v) is 24.2. The van der Waals surface area contributed by atoms with Gasteiger partial charge in [-0.15, -0.1) is 0 Å². The Morgan fingerprint density at radius 1 is 0.333 bits per heavy atom. The molecule has 0 saturated carbocycles. The third kappa shape index (κ3) is 4.19. The van der Waals surface area contributed by atoms with Crippen LogP contribution in [0.15, 0.2) is 156 Å². The van der Waals surface area contributed by atoms with Gasteiger partial charge in [0.05, 0.1) is 0 Å². The summed E-state index contributed by atoms with van der Waals surface area (Å²) in [6, 6.07) is 52.1. The van der Waals surface area contributed by atoms with Crippen LogP contribution in [0.5, 0.6) is 0 Å².